The van der Waals surface area contributed by atoms with Crippen molar-refractivity contribution in [2.45, 2.75) is 53.4 Å². The summed E-state index contributed by atoms with van der Waals surface area (Å²) in [6.45, 7) is 10.8. The van der Waals surface area contributed by atoms with E-state index in [2.05, 4.69) is 19.2 Å². The minimum Gasteiger partial charge on any atom is -0.326 e. The van der Waals surface area contributed by atoms with Gasteiger partial charge in [-0.3, -0.25) is 4.79 Å². The lowest BCUT2D eigenvalue weighted by molar-refractivity contribution is -0.126. The second-order valence-corrected chi connectivity index (χ2v) is 10.4. The Morgan fingerprint density at radius 2 is 1.65 bits per heavy atom. The minimum atomic E-state index is -3.23. The van der Waals surface area contributed by atoms with Crippen LogP contribution in [0.5, 0.6) is 0 Å². The van der Waals surface area contributed by atoms with Crippen LogP contribution in [-0.4, -0.2) is 37.5 Å². The molecule has 0 saturated carbocycles. The maximum Gasteiger partial charge on any atom is 0.230 e. The molecule has 0 radical (unpaired) electrons. The lowest BCUT2D eigenvalue weighted by Crippen LogP contribution is -2.47. The first kappa shape index (κ1) is 20.9. The van der Waals surface area contributed by atoms with Gasteiger partial charge in [-0.1, -0.05) is 46.8 Å². The van der Waals surface area contributed by atoms with Crippen LogP contribution in [0.1, 0.15) is 58.9 Å². The van der Waals surface area contributed by atoms with Crippen LogP contribution < -0.4 is 5.32 Å². The van der Waals surface area contributed by atoms with Crippen LogP contribution in [0, 0.1) is 11.3 Å². The lowest BCUT2D eigenvalue weighted by Gasteiger charge is -2.37. The molecule has 1 N–H and O–H groups in total. The van der Waals surface area contributed by atoms with E-state index in [1.165, 1.54) is 5.56 Å². The molecule has 1 aliphatic rings. The summed E-state index contributed by atoms with van der Waals surface area (Å²) >= 11 is 0. The van der Waals surface area contributed by atoms with Crippen LogP contribution in [0.15, 0.2) is 24.3 Å². The summed E-state index contributed by atoms with van der Waals surface area (Å²) in [4.78, 5) is 12.8. The van der Waals surface area contributed by atoms with Crippen molar-refractivity contribution in [1.82, 2.24) is 4.31 Å². The number of anilines is 1. The summed E-state index contributed by atoms with van der Waals surface area (Å²) in [7, 11) is -3.23. The molecular formula is C20H32N2O3S. The standard InChI is InChI=1S/C20H32N2O3S/c1-15(2)14-26(24,25)22-12-10-20(5,11-13-22)19(23)21-18-8-6-17(7-9-18)16(3)4/h6-9,15-16H,10-14H2,1-5H3,(H,21,23). The molecule has 5 nitrogen and oxygen atoms in total. The van der Waals surface area contributed by atoms with Gasteiger partial charge in [0.05, 0.1) is 5.75 Å². The SMILES string of the molecule is CC(C)CS(=O)(=O)N1CCC(C)(C(=O)Nc2ccc(C(C)C)cc2)CC1. The summed E-state index contributed by atoms with van der Waals surface area (Å²) in [5.74, 6) is 0.688. The maximum atomic E-state index is 12.8. The normalized spacial score (nSPS) is 18.3. The second kappa shape index (κ2) is 8.09. The topological polar surface area (TPSA) is 66.5 Å². The van der Waals surface area contributed by atoms with Crippen molar-refractivity contribution in [3.63, 3.8) is 0 Å². The van der Waals surface area contributed by atoms with E-state index in [0.717, 1.165) is 5.69 Å². The van der Waals surface area contributed by atoms with Gasteiger partial charge in [-0.25, -0.2) is 12.7 Å². The van der Waals surface area contributed by atoms with Gasteiger partial charge in [-0.15, -0.1) is 0 Å². The fourth-order valence-corrected chi connectivity index (χ4v) is 5.04. The van der Waals surface area contributed by atoms with Gasteiger partial charge in [0.25, 0.3) is 0 Å². The summed E-state index contributed by atoms with van der Waals surface area (Å²) in [5, 5.41) is 3.00. The van der Waals surface area contributed by atoms with Crippen molar-refractivity contribution in [1.29, 1.82) is 0 Å². The predicted molar refractivity (Wildman–Crippen MR) is 107 cm³/mol. The first-order chi connectivity index (χ1) is 12.0. The van der Waals surface area contributed by atoms with Crippen molar-refractivity contribution in [2.24, 2.45) is 11.3 Å². The largest absolute Gasteiger partial charge is 0.326 e. The lowest BCUT2D eigenvalue weighted by atomic mass is 9.80. The Labute approximate surface area is 158 Å². The van der Waals surface area contributed by atoms with E-state index in [-0.39, 0.29) is 17.6 Å². The average Bonchev–Trinajstić information content (AvgIpc) is 2.54. The Kier molecular flexibility index (Phi) is 6.51. The summed E-state index contributed by atoms with van der Waals surface area (Å²) < 4.78 is 26.3. The van der Waals surface area contributed by atoms with Crippen molar-refractivity contribution in [2.75, 3.05) is 24.2 Å². The molecule has 0 bridgehead atoms. The third kappa shape index (κ3) is 5.07. The highest BCUT2D eigenvalue weighted by atomic mass is 32.2. The van der Waals surface area contributed by atoms with E-state index in [9.17, 15) is 13.2 Å². The van der Waals surface area contributed by atoms with Gasteiger partial charge in [0.1, 0.15) is 0 Å². The van der Waals surface area contributed by atoms with Crippen molar-refractivity contribution >= 4 is 21.6 Å². The van der Waals surface area contributed by atoms with E-state index in [1.54, 1.807) is 4.31 Å². The van der Waals surface area contributed by atoms with Gasteiger partial charge in [0.2, 0.25) is 15.9 Å². The molecule has 6 heteroatoms. The highest BCUT2D eigenvalue weighted by Gasteiger charge is 2.39. The number of nitrogens with zero attached hydrogens (tertiary/aromatic N) is 1. The molecule has 1 fully saturated rings. The second-order valence-electron chi connectivity index (χ2n) is 8.36. The molecule has 0 aliphatic carbocycles. The quantitative estimate of drug-likeness (QED) is 0.815. The third-order valence-electron chi connectivity index (χ3n) is 5.15. The number of nitrogens with one attached hydrogen (secondary N) is 1. The number of carbonyl (C=O) groups is 1. The molecule has 1 amide bonds. The Morgan fingerprint density at radius 3 is 2.12 bits per heavy atom. The first-order valence-electron chi connectivity index (χ1n) is 9.43. The minimum absolute atomic E-state index is 0.0318. The first-order valence-corrected chi connectivity index (χ1v) is 11.0. The summed E-state index contributed by atoms with van der Waals surface area (Å²) in [6.07, 6.45) is 1.08. The maximum absolute atomic E-state index is 12.8. The molecule has 1 saturated heterocycles. The molecule has 0 atom stereocenters. The molecule has 1 aliphatic heterocycles. The van der Waals surface area contributed by atoms with Gasteiger partial charge in [-0.05, 0) is 42.4 Å². The van der Waals surface area contributed by atoms with E-state index in [1.807, 2.05) is 45.0 Å². The van der Waals surface area contributed by atoms with E-state index >= 15 is 0 Å². The Morgan fingerprint density at radius 1 is 1.12 bits per heavy atom. The van der Waals surface area contributed by atoms with Crippen LogP contribution in [0.3, 0.4) is 0 Å². The van der Waals surface area contributed by atoms with Crippen molar-refractivity contribution in [3.05, 3.63) is 29.8 Å². The molecular weight excluding hydrogens is 348 g/mol. The number of hydrogen-bond donors (Lipinski definition) is 1. The van der Waals surface area contributed by atoms with Crippen molar-refractivity contribution in [3.8, 4) is 0 Å². The number of piperidine rings is 1. The van der Waals surface area contributed by atoms with Gasteiger partial charge < -0.3 is 5.32 Å². The zero-order valence-corrected chi connectivity index (χ0v) is 17.4. The van der Waals surface area contributed by atoms with Gasteiger partial charge >= 0.3 is 0 Å². The Hall–Kier alpha value is -1.40. The zero-order chi connectivity index (χ0) is 19.5. The summed E-state index contributed by atoms with van der Waals surface area (Å²) in [6, 6.07) is 7.92. The molecule has 146 valence electrons. The number of amides is 1. The van der Waals surface area contributed by atoms with Crippen LogP contribution in [0.25, 0.3) is 0 Å². The van der Waals surface area contributed by atoms with Crippen LogP contribution in [-0.2, 0) is 14.8 Å². The fraction of sp³-hybridized carbons (Fsp3) is 0.650. The smallest absolute Gasteiger partial charge is 0.230 e. The monoisotopic (exact) mass is 380 g/mol. The number of carbonyl (C=O) groups excluding carboxylic acids is 1. The molecule has 0 unspecified atom stereocenters. The van der Waals surface area contributed by atoms with Crippen LogP contribution >= 0.6 is 0 Å². The number of hydrogen-bond acceptors (Lipinski definition) is 3. The molecule has 1 aromatic carbocycles. The van der Waals surface area contributed by atoms with Gasteiger partial charge in [0, 0.05) is 24.2 Å². The van der Waals surface area contributed by atoms with Crippen LogP contribution in [0.2, 0.25) is 0 Å². The van der Waals surface area contributed by atoms with Crippen molar-refractivity contribution < 1.29 is 13.2 Å². The number of benzene rings is 1. The fourth-order valence-electron chi connectivity index (χ4n) is 3.24. The van der Waals surface area contributed by atoms with E-state index in [4.69, 9.17) is 0 Å². The van der Waals surface area contributed by atoms with Gasteiger partial charge in [0.15, 0.2) is 0 Å². The number of rotatable bonds is 6. The molecule has 26 heavy (non-hydrogen) atoms. The summed E-state index contributed by atoms with van der Waals surface area (Å²) in [5.41, 5.74) is 1.48. The average molecular weight is 381 g/mol. The van der Waals surface area contributed by atoms with E-state index in [0.29, 0.717) is 31.8 Å². The molecule has 0 spiro atoms. The number of sulfonamides is 1. The third-order valence-corrected chi connectivity index (χ3v) is 7.39. The predicted octanol–water partition coefficient (Wildman–Crippen LogP) is 3.84. The molecule has 1 heterocycles. The molecule has 1 aromatic rings. The van der Waals surface area contributed by atoms with E-state index < -0.39 is 15.4 Å². The molecule has 0 aromatic heterocycles. The molecule has 2 rings (SSSR count). The Balaban J connectivity index is 1.98. The Bertz CT molecular complexity index is 716. The van der Waals surface area contributed by atoms with Crippen LogP contribution in [0.4, 0.5) is 5.69 Å². The zero-order valence-electron chi connectivity index (χ0n) is 16.6. The highest BCUT2D eigenvalue weighted by molar-refractivity contribution is 7.89. The highest BCUT2D eigenvalue weighted by Crippen LogP contribution is 2.33. The van der Waals surface area contributed by atoms with Gasteiger partial charge in [-0.2, -0.15) is 0 Å².